The van der Waals surface area contributed by atoms with Gasteiger partial charge in [-0.05, 0) is 24.6 Å². The van der Waals surface area contributed by atoms with Crippen molar-refractivity contribution in [2.24, 2.45) is 0 Å². The number of hydrogen-bond acceptors (Lipinski definition) is 4. The summed E-state index contributed by atoms with van der Waals surface area (Å²) in [4.78, 5) is 28.2. The second kappa shape index (κ2) is 5.79. The van der Waals surface area contributed by atoms with E-state index in [0.29, 0.717) is 18.2 Å². The fourth-order valence-corrected chi connectivity index (χ4v) is 2.40. The topological polar surface area (TPSA) is 88.9 Å². The van der Waals surface area contributed by atoms with E-state index in [9.17, 15) is 14.0 Å². The molecule has 0 spiro atoms. The molecule has 2 N–H and O–H groups in total. The summed E-state index contributed by atoms with van der Waals surface area (Å²) >= 11 is 0. The van der Waals surface area contributed by atoms with Crippen LogP contribution in [0.5, 0.6) is 0 Å². The van der Waals surface area contributed by atoms with Gasteiger partial charge in [-0.15, -0.1) is 0 Å². The smallest absolute Gasteiger partial charge is 0.252 e. The zero-order chi connectivity index (χ0) is 16.6. The Kier molecular flexibility index (Phi) is 3.81. The van der Waals surface area contributed by atoms with Gasteiger partial charge in [0, 0.05) is 6.42 Å². The number of carbonyl (C=O) groups excluding carboxylic acids is 2. The van der Waals surface area contributed by atoms with Gasteiger partial charge >= 0.3 is 0 Å². The lowest BCUT2D eigenvalue weighted by molar-refractivity contribution is -0.123. The normalized spacial score (nSPS) is 16.1. The van der Waals surface area contributed by atoms with Gasteiger partial charge in [0.05, 0.1) is 12.1 Å². The summed E-state index contributed by atoms with van der Waals surface area (Å²) < 4.78 is 15.2. The molecule has 1 aromatic heterocycles. The van der Waals surface area contributed by atoms with E-state index in [2.05, 4.69) is 20.7 Å². The maximum atomic E-state index is 13.8. The summed E-state index contributed by atoms with van der Waals surface area (Å²) in [7, 11) is 0. The molecule has 0 aliphatic carbocycles. The molecule has 7 nitrogen and oxygen atoms in total. The number of anilines is 2. The van der Waals surface area contributed by atoms with Crippen molar-refractivity contribution in [1.82, 2.24) is 14.8 Å². The number of fused-ring (bicyclic) bond motifs is 1. The number of aryl methyl sites for hydroxylation is 2. The standard InChI is InChI=1S/C15H16FN5O2/c1-3-12-18-15-19-14(23)11(21(15)20-12)7-13(22)17-10-5-4-8(2)6-9(10)16/h4-6,11H,3,7H2,1-2H3,(H,17,22)(H,18,19,20,23). The van der Waals surface area contributed by atoms with Crippen LogP contribution in [0.25, 0.3) is 0 Å². The minimum absolute atomic E-state index is 0.0899. The number of halogens is 1. The van der Waals surface area contributed by atoms with Crippen molar-refractivity contribution >= 4 is 23.5 Å². The first kappa shape index (κ1) is 15.1. The van der Waals surface area contributed by atoms with Crippen LogP contribution in [-0.2, 0) is 16.0 Å². The number of amides is 2. The van der Waals surface area contributed by atoms with Crippen molar-refractivity contribution in [3.05, 3.63) is 35.4 Å². The zero-order valence-corrected chi connectivity index (χ0v) is 12.8. The lowest BCUT2D eigenvalue weighted by Gasteiger charge is -2.10. The van der Waals surface area contributed by atoms with E-state index in [1.165, 1.54) is 16.8 Å². The first-order valence-electron chi connectivity index (χ1n) is 7.30. The van der Waals surface area contributed by atoms with Crippen molar-refractivity contribution in [3.8, 4) is 0 Å². The highest BCUT2D eigenvalue weighted by Crippen LogP contribution is 2.25. The molecule has 0 saturated heterocycles. The maximum absolute atomic E-state index is 13.8. The molecule has 0 bridgehead atoms. The summed E-state index contributed by atoms with van der Waals surface area (Å²) in [6.07, 6.45) is 0.488. The molecule has 1 aliphatic rings. The third-order valence-electron chi connectivity index (χ3n) is 3.60. The molecular formula is C15H16FN5O2. The number of nitrogens with one attached hydrogen (secondary N) is 2. The van der Waals surface area contributed by atoms with E-state index >= 15 is 0 Å². The molecular weight excluding hydrogens is 301 g/mol. The van der Waals surface area contributed by atoms with Gasteiger partial charge in [0.1, 0.15) is 11.9 Å². The number of carbonyl (C=O) groups is 2. The van der Waals surface area contributed by atoms with Crippen LogP contribution in [-0.4, -0.2) is 26.6 Å². The van der Waals surface area contributed by atoms with Crippen LogP contribution in [0.15, 0.2) is 18.2 Å². The fourth-order valence-electron chi connectivity index (χ4n) is 2.40. The first-order valence-corrected chi connectivity index (χ1v) is 7.30. The lowest BCUT2D eigenvalue weighted by atomic mass is 10.2. The summed E-state index contributed by atoms with van der Waals surface area (Å²) in [5.41, 5.74) is 0.849. The Morgan fingerprint density at radius 3 is 2.96 bits per heavy atom. The Balaban J connectivity index is 1.73. The quantitative estimate of drug-likeness (QED) is 0.900. The van der Waals surface area contributed by atoms with Gasteiger partial charge in [-0.25, -0.2) is 9.07 Å². The van der Waals surface area contributed by atoms with E-state index in [4.69, 9.17) is 0 Å². The molecule has 1 atom stereocenters. The van der Waals surface area contributed by atoms with Gasteiger partial charge in [0.2, 0.25) is 11.9 Å². The minimum atomic E-state index is -0.772. The average Bonchev–Trinajstić information content (AvgIpc) is 3.01. The summed E-state index contributed by atoms with van der Waals surface area (Å²) in [5, 5.41) is 9.27. The predicted octanol–water partition coefficient (Wildman–Crippen LogP) is 1.81. The van der Waals surface area contributed by atoms with Crippen molar-refractivity contribution < 1.29 is 14.0 Å². The van der Waals surface area contributed by atoms with Gasteiger partial charge in [0.15, 0.2) is 5.82 Å². The second-order valence-corrected chi connectivity index (χ2v) is 5.39. The Morgan fingerprint density at radius 2 is 2.26 bits per heavy atom. The van der Waals surface area contributed by atoms with Crippen LogP contribution in [0.4, 0.5) is 16.0 Å². The minimum Gasteiger partial charge on any atom is -0.324 e. The number of hydrogen-bond donors (Lipinski definition) is 2. The molecule has 2 heterocycles. The van der Waals surface area contributed by atoms with Crippen molar-refractivity contribution in [1.29, 1.82) is 0 Å². The SMILES string of the molecule is CCc1nc2n(n1)C(CC(=O)Nc1ccc(C)cc1F)C(=O)N2. The number of aromatic nitrogens is 3. The molecule has 1 unspecified atom stereocenters. The van der Waals surface area contributed by atoms with Crippen molar-refractivity contribution in [3.63, 3.8) is 0 Å². The van der Waals surface area contributed by atoms with Crippen LogP contribution in [0.2, 0.25) is 0 Å². The highest BCUT2D eigenvalue weighted by Gasteiger charge is 2.34. The van der Waals surface area contributed by atoms with Gasteiger partial charge in [-0.2, -0.15) is 10.1 Å². The summed E-state index contributed by atoms with van der Waals surface area (Å²) in [6, 6.07) is 3.75. The molecule has 1 aromatic carbocycles. The van der Waals surface area contributed by atoms with E-state index in [0.717, 1.165) is 5.56 Å². The van der Waals surface area contributed by atoms with Gasteiger partial charge in [-0.1, -0.05) is 13.0 Å². The molecule has 120 valence electrons. The maximum Gasteiger partial charge on any atom is 0.252 e. The predicted molar refractivity (Wildman–Crippen MR) is 81.5 cm³/mol. The Hall–Kier alpha value is -2.77. The van der Waals surface area contributed by atoms with Crippen LogP contribution in [0.1, 0.15) is 30.8 Å². The molecule has 0 radical (unpaired) electrons. The molecule has 1 aliphatic heterocycles. The highest BCUT2D eigenvalue weighted by atomic mass is 19.1. The Morgan fingerprint density at radius 1 is 1.48 bits per heavy atom. The largest absolute Gasteiger partial charge is 0.324 e. The van der Waals surface area contributed by atoms with Crippen LogP contribution >= 0.6 is 0 Å². The second-order valence-electron chi connectivity index (χ2n) is 5.39. The molecule has 0 fully saturated rings. The highest BCUT2D eigenvalue weighted by molar-refractivity contribution is 6.00. The first-order chi connectivity index (χ1) is 11.0. The van der Waals surface area contributed by atoms with Gasteiger partial charge < -0.3 is 5.32 Å². The molecule has 23 heavy (non-hydrogen) atoms. The van der Waals surface area contributed by atoms with E-state index in [1.54, 1.807) is 13.0 Å². The number of benzene rings is 1. The third-order valence-corrected chi connectivity index (χ3v) is 3.60. The van der Waals surface area contributed by atoms with Gasteiger partial charge in [0.25, 0.3) is 5.91 Å². The van der Waals surface area contributed by atoms with E-state index < -0.39 is 17.8 Å². The molecule has 0 saturated carbocycles. The van der Waals surface area contributed by atoms with E-state index in [-0.39, 0.29) is 18.0 Å². The molecule has 8 heteroatoms. The number of rotatable bonds is 4. The average molecular weight is 317 g/mol. The van der Waals surface area contributed by atoms with Crippen LogP contribution in [0, 0.1) is 12.7 Å². The van der Waals surface area contributed by atoms with Crippen molar-refractivity contribution in [2.45, 2.75) is 32.7 Å². The fraction of sp³-hybridized carbons (Fsp3) is 0.333. The lowest BCUT2D eigenvalue weighted by Crippen LogP contribution is -2.24. The summed E-state index contributed by atoms with van der Waals surface area (Å²) in [6.45, 7) is 3.66. The Labute approximate surface area is 131 Å². The zero-order valence-electron chi connectivity index (χ0n) is 12.8. The molecule has 2 amide bonds. The Bertz CT molecular complexity index is 786. The van der Waals surface area contributed by atoms with Crippen LogP contribution in [0.3, 0.4) is 0 Å². The number of nitrogens with zero attached hydrogens (tertiary/aromatic N) is 3. The van der Waals surface area contributed by atoms with Gasteiger partial charge in [-0.3, -0.25) is 14.9 Å². The van der Waals surface area contributed by atoms with Crippen molar-refractivity contribution in [2.75, 3.05) is 10.6 Å². The third kappa shape index (κ3) is 2.92. The monoisotopic (exact) mass is 317 g/mol. The molecule has 2 aromatic rings. The summed E-state index contributed by atoms with van der Waals surface area (Å²) in [5.74, 6) is -0.387. The molecule has 3 rings (SSSR count). The van der Waals surface area contributed by atoms with E-state index in [1.807, 2.05) is 6.92 Å². The van der Waals surface area contributed by atoms with Crippen LogP contribution < -0.4 is 10.6 Å².